The van der Waals surface area contributed by atoms with Crippen molar-refractivity contribution >= 4 is 44.4 Å². The molecule has 3 amide bonds. The number of amides is 3. The molecule has 3 N–H and O–H groups in total. The van der Waals surface area contributed by atoms with Crippen LogP contribution in [0.1, 0.15) is 32.6 Å². The summed E-state index contributed by atoms with van der Waals surface area (Å²) >= 11 is 1.38. The SMILES string of the molecule is CCCC(=O)NNC(=O)CCC(=O)Nc1nc2ccccc2s1. The zero-order chi connectivity index (χ0) is 16.7. The van der Waals surface area contributed by atoms with Gasteiger partial charge in [-0.1, -0.05) is 30.4 Å². The molecule has 1 aromatic heterocycles. The van der Waals surface area contributed by atoms with E-state index in [1.807, 2.05) is 31.2 Å². The van der Waals surface area contributed by atoms with Crippen molar-refractivity contribution in [2.75, 3.05) is 5.32 Å². The van der Waals surface area contributed by atoms with Gasteiger partial charge in [-0.3, -0.25) is 25.2 Å². The first-order valence-electron chi connectivity index (χ1n) is 7.31. The Morgan fingerprint density at radius 2 is 1.65 bits per heavy atom. The minimum absolute atomic E-state index is 0.0108. The summed E-state index contributed by atoms with van der Waals surface area (Å²) in [6.45, 7) is 1.87. The molecule has 0 saturated heterocycles. The molecule has 0 spiro atoms. The Balaban J connectivity index is 1.74. The van der Waals surface area contributed by atoms with Crippen molar-refractivity contribution in [3.8, 4) is 0 Å². The number of thiazole rings is 1. The standard InChI is InChI=1S/C15H18N4O3S/c1-2-5-13(21)18-19-14(22)9-8-12(20)17-15-16-10-6-3-4-7-11(10)23-15/h3-4,6-7H,2,5,8-9H2,1H3,(H,18,21)(H,19,22)(H,16,17,20). The Morgan fingerprint density at radius 1 is 1.00 bits per heavy atom. The third-order valence-corrected chi connectivity index (χ3v) is 3.89. The van der Waals surface area contributed by atoms with Gasteiger partial charge in [0.05, 0.1) is 10.2 Å². The molecule has 1 heterocycles. The number of carbonyl (C=O) groups is 3. The van der Waals surface area contributed by atoms with Gasteiger partial charge in [-0.15, -0.1) is 0 Å². The van der Waals surface area contributed by atoms with Gasteiger partial charge < -0.3 is 5.32 Å². The highest BCUT2D eigenvalue weighted by molar-refractivity contribution is 7.22. The molecule has 8 heteroatoms. The number of carbonyl (C=O) groups excluding carboxylic acids is 3. The molecule has 0 bridgehead atoms. The summed E-state index contributed by atoms with van der Waals surface area (Å²) in [4.78, 5) is 38.8. The van der Waals surface area contributed by atoms with Crippen LogP contribution in [-0.2, 0) is 14.4 Å². The summed E-state index contributed by atoms with van der Waals surface area (Å²) in [7, 11) is 0. The van der Waals surface area contributed by atoms with E-state index in [1.54, 1.807) is 0 Å². The molecule has 0 aliphatic heterocycles. The fourth-order valence-corrected chi connectivity index (χ4v) is 2.71. The lowest BCUT2D eigenvalue weighted by molar-refractivity contribution is -0.129. The molecule has 122 valence electrons. The Morgan fingerprint density at radius 3 is 2.35 bits per heavy atom. The van der Waals surface area contributed by atoms with Gasteiger partial charge in [0, 0.05) is 19.3 Å². The lowest BCUT2D eigenvalue weighted by atomic mass is 10.3. The van der Waals surface area contributed by atoms with Gasteiger partial charge >= 0.3 is 0 Å². The molecule has 0 unspecified atom stereocenters. The lowest BCUT2D eigenvalue weighted by Gasteiger charge is -2.06. The maximum Gasteiger partial charge on any atom is 0.238 e. The van der Waals surface area contributed by atoms with Crippen molar-refractivity contribution in [2.45, 2.75) is 32.6 Å². The highest BCUT2D eigenvalue weighted by Gasteiger charge is 2.10. The molecule has 2 rings (SSSR count). The summed E-state index contributed by atoms with van der Waals surface area (Å²) in [6, 6.07) is 7.58. The molecule has 0 radical (unpaired) electrons. The van der Waals surface area contributed by atoms with Crippen molar-refractivity contribution in [3.63, 3.8) is 0 Å². The minimum atomic E-state index is -0.408. The van der Waals surface area contributed by atoms with Crippen molar-refractivity contribution in [1.29, 1.82) is 0 Å². The van der Waals surface area contributed by atoms with Crippen molar-refractivity contribution < 1.29 is 14.4 Å². The fraction of sp³-hybridized carbons (Fsp3) is 0.333. The van der Waals surface area contributed by atoms with Crippen LogP contribution in [0.25, 0.3) is 10.2 Å². The Bertz CT molecular complexity index is 681. The Labute approximate surface area is 137 Å². The first kappa shape index (κ1) is 16.9. The van der Waals surface area contributed by atoms with Gasteiger partial charge in [0.1, 0.15) is 0 Å². The van der Waals surface area contributed by atoms with Crippen molar-refractivity contribution in [1.82, 2.24) is 15.8 Å². The second-order valence-corrected chi connectivity index (χ2v) is 5.91. The number of anilines is 1. The van der Waals surface area contributed by atoms with Gasteiger partial charge in [-0.05, 0) is 18.6 Å². The molecule has 0 aliphatic rings. The van der Waals surface area contributed by atoms with Crippen LogP contribution < -0.4 is 16.2 Å². The summed E-state index contributed by atoms with van der Waals surface area (Å²) in [5, 5.41) is 3.18. The smallest absolute Gasteiger partial charge is 0.238 e. The van der Waals surface area contributed by atoms with Crippen molar-refractivity contribution in [2.24, 2.45) is 0 Å². The molecule has 1 aromatic carbocycles. The molecular weight excluding hydrogens is 316 g/mol. The van der Waals surface area contributed by atoms with E-state index in [-0.39, 0.29) is 24.7 Å². The molecule has 7 nitrogen and oxygen atoms in total. The number of benzene rings is 1. The highest BCUT2D eigenvalue weighted by Crippen LogP contribution is 2.25. The number of nitrogens with one attached hydrogen (secondary N) is 3. The van der Waals surface area contributed by atoms with E-state index < -0.39 is 5.91 Å². The third kappa shape index (κ3) is 5.33. The predicted molar refractivity (Wildman–Crippen MR) is 88.7 cm³/mol. The molecule has 23 heavy (non-hydrogen) atoms. The zero-order valence-corrected chi connectivity index (χ0v) is 13.5. The molecular formula is C15H18N4O3S. The van der Waals surface area contributed by atoms with E-state index in [4.69, 9.17) is 0 Å². The average molecular weight is 334 g/mol. The second kappa shape index (κ2) is 8.23. The molecule has 0 fully saturated rings. The van der Waals surface area contributed by atoms with E-state index in [0.29, 0.717) is 18.0 Å². The van der Waals surface area contributed by atoms with Gasteiger partial charge in [-0.2, -0.15) is 0 Å². The van der Waals surface area contributed by atoms with E-state index >= 15 is 0 Å². The maximum absolute atomic E-state index is 11.8. The number of para-hydroxylation sites is 1. The van der Waals surface area contributed by atoms with Crippen LogP contribution in [-0.4, -0.2) is 22.7 Å². The van der Waals surface area contributed by atoms with Gasteiger partial charge in [-0.25, -0.2) is 4.98 Å². The van der Waals surface area contributed by atoms with Crippen LogP contribution in [0.5, 0.6) is 0 Å². The van der Waals surface area contributed by atoms with Gasteiger partial charge in [0.2, 0.25) is 17.7 Å². The second-order valence-electron chi connectivity index (χ2n) is 4.88. The third-order valence-electron chi connectivity index (χ3n) is 2.94. The normalized spacial score (nSPS) is 10.3. The average Bonchev–Trinajstić information content (AvgIpc) is 2.93. The Hall–Kier alpha value is -2.48. The van der Waals surface area contributed by atoms with Crippen LogP contribution in [0.15, 0.2) is 24.3 Å². The zero-order valence-electron chi connectivity index (χ0n) is 12.7. The van der Waals surface area contributed by atoms with Gasteiger partial charge in [0.15, 0.2) is 5.13 Å². The van der Waals surface area contributed by atoms with Crippen LogP contribution in [0, 0.1) is 0 Å². The molecule has 0 aliphatic carbocycles. The number of hydrogen-bond donors (Lipinski definition) is 3. The summed E-state index contributed by atoms with van der Waals surface area (Å²) in [5.74, 6) is -0.951. The molecule has 2 aromatic rings. The summed E-state index contributed by atoms with van der Waals surface area (Å²) in [6.07, 6.45) is 1.05. The van der Waals surface area contributed by atoms with E-state index in [2.05, 4.69) is 21.2 Å². The fourth-order valence-electron chi connectivity index (χ4n) is 1.83. The maximum atomic E-state index is 11.8. The number of rotatable bonds is 6. The number of nitrogens with zero attached hydrogens (tertiary/aromatic N) is 1. The monoisotopic (exact) mass is 334 g/mol. The number of fused-ring (bicyclic) bond motifs is 1. The molecule has 0 saturated carbocycles. The topological polar surface area (TPSA) is 100 Å². The largest absolute Gasteiger partial charge is 0.302 e. The van der Waals surface area contributed by atoms with Crippen molar-refractivity contribution in [3.05, 3.63) is 24.3 Å². The summed E-state index contributed by atoms with van der Waals surface area (Å²) < 4.78 is 0.985. The van der Waals surface area contributed by atoms with Crippen LogP contribution >= 0.6 is 11.3 Å². The van der Waals surface area contributed by atoms with E-state index in [9.17, 15) is 14.4 Å². The highest BCUT2D eigenvalue weighted by atomic mass is 32.1. The lowest BCUT2D eigenvalue weighted by Crippen LogP contribution is -2.41. The predicted octanol–water partition coefficient (Wildman–Crippen LogP) is 1.96. The number of hydrogen-bond acceptors (Lipinski definition) is 5. The van der Waals surface area contributed by atoms with Crippen LogP contribution in [0.3, 0.4) is 0 Å². The Kier molecular flexibility index (Phi) is 6.04. The van der Waals surface area contributed by atoms with Gasteiger partial charge in [0.25, 0.3) is 0 Å². The number of aromatic nitrogens is 1. The quantitative estimate of drug-likeness (QED) is 0.703. The van der Waals surface area contributed by atoms with E-state index in [0.717, 1.165) is 10.2 Å². The van der Waals surface area contributed by atoms with Crippen LogP contribution in [0.4, 0.5) is 5.13 Å². The summed E-state index contributed by atoms with van der Waals surface area (Å²) in [5.41, 5.74) is 5.39. The van der Waals surface area contributed by atoms with Crippen LogP contribution in [0.2, 0.25) is 0 Å². The first-order chi connectivity index (χ1) is 11.1. The molecule has 0 atom stereocenters. The first-order valence-corrected chi connectivity index (χ1v) is 8.13. The number of hydrazine groups is 1. The minimum Gasteiger partial charge on any atom is -0.302 e. The van der Waals surface area contributed by atoms with E-state index in [1.165, 1.54) is 11.3 Å².